The summed E-state index contributed by atoms with van der Waals surface area (Å²) in [6.07, 6.45) is 1.03. The molecule has 20 heavy (non-hydrogen) atoms. The van der Waals surface area contributed by atoms with Crippen molar-refractivity contribution in [1.29, 1.82) is 0 Å². The van der Waals surface area contributed by atoms with Gasteiger partial charge in [-0.3, -0.25) is 0 Å². The topological polar surface area (TPSA) is 86.8 Å². The Kier molecular flexibility index (Phi) is 6.39. The van der Waals surface area contributed by atoms with Crippen LogP contribution in [0.5, 0.6) is 0 Å². The molecule has 1 saturated heterocycles. The van der Waals surface area contributed by atoms with E-state index >= 15 is 0 Å². The number of nitrogens with one attached hydrogen (secondary N) is 1. The van der Waals surface area contributed by atoms with Gasteiger partial charge in [0, 0.05) is 32.2 Å². The molecule has 0 spiro atoms. The van der Waals surface area contributed by atoms with Crippen LogP contribution in [-0.4, -0.2) is 63.4 Å². The standard InChI is InChI=1S/C11H25N3O4S2/c1-4-13(5-2)20(17,18)12-11-7-9-14(10-8-11)19(15,16)6-3/h11-12H,4-10H2,1-3H3. The van der Waals surface area contributed by atoms with Crippen molar-refractivity contribution in [3.05, 3.63) is 0 Å². The highest BCUT2D eigenvalue weighted by molar-refractivity contribution is 7.89. The van der Waals surface area contributed by atoms with E-state index in [2.05, 4.69) is 4.72 Å². The molecule has 7 nitrogen and oxygen atoms in total. The molecule has 0 amide bonds. The highest BCUT2D eigenvalue weighted by Gasteiger charge is 2.30. The first kappa shape index (κ1) is 17.8. The van der Waals surface area contributed by atoms with E-state index in [0.29, 0.717) is 39.0 Å². The molecule has 0 aromatic carbocycles. The van der Waals surface area contributed by atoms with Gasteiger partial charge in [0.15, 0.2) is 0 Å². The van der Waals surface area contributed by atoms with E-state index in [1.54, 1.807) is 20.8 Å². The van der Waals surface area contributed by atoms with Crippen LogP contribution in [0.1, 0.15) is 33.6 Å². The molecule has 0 radical (unpaired) electrons. The van der Waals surface area contributed by atoms with Gasteiger partial charge < -0.3 is 0 Å². The molecular weight excluding hydrogens is 302 g/mol. The summed E-state index contributed by atoms with van der Waals surface area (Å²) in [4.78, 5) is 0. The fourth-order valence-corrected chi connectivity index (χ4v) is 4.90. The van der Waals surface area contributed by atoms with Crippen LogP contribution in [0.3, 0.4) is 0 Å². The normalized spacial score (nSPS) is 19.6. The Balaban J connectivity index is 2.59. The second-order valence-corrected chi connectivity index (χ2v) is 8.74. The summed E-state index contributed by atoms with van der Waals surface area (Å²) < 4.78 is 53.1. The maximum atomic E-state index is 12.1. The predicted molar refractivity (Wildman–Crippen MR) is 79.0 cm³/mol. The Hall–Kier alpha value is -0.220. The molecule has 0 unspecified atom stereocenters. The smallest absolute Gasteiger partial charge is 0.212 e. The minimum absolute atomic E-state index is 0.0862. The van der Waals surface area contributed by atoms with Gasteiger partial charge in [-0.25, -0.2) is 12.7 Å². The lowest BCUT2D eigenvalue weighted by Gasteiger charge is -2.32. The Morgan fingerprint density at radius 1 is 1.05 bits per heavy atom. The van der Waals surface area contributed by atoms with Gasteiger partial charge in [0.1, 0.15) is 0 Å². The van der Waals surface area contributed by atoms with Crippen LogP contribution in [0.15, 0.2) is 0 Å². The molecule has 0 saturated carbocycles. The highest BCUT2D eigenvalue weighted by atomic mass is 32.2. The van der Waals surface area contributed by atoms with E-state index in [1.807, 2.05) is 0 Å². The average molecular weight is 327 g/mol. The lowest BCUT2D eigenvalue weighted by atomic mass is 10.1. The van der Waals surface area contributed by atoms with Gasteiger partial charge in [-0.05, 0) is 19.8 Å². The van der Waals surface area contributed by atoms with Crippen molar-refractivity contribution in [2.45, 2.75) is 39.7 Å². The third-order valence-corrected chi connectivity index (χ3v) is 7.28. The molecule has 0 aromatic heterocycles. The summed E-state index contributed by atoms with van der Waals surface area (Å²) in [7, 11) is -6.63. The fourth-order valence-electron chi connectivity index (χ4n) is 2.28. The molecule has 1 fully saturated rings. The van der Waals surface area contributed by atoms with Crippen molar-refractivity contribution < 1.29 is 16.8 Å². The largest absolute Gasteiger partial charge is 0.279 e. The van der Waals surface area contributed by atoms with E-state index in [1.165, 1.54) is 8.61 Å². The van der Waals surface area contributed by atoms with Crippen molar-refractivity contribution >= 4 is 20.2 Å². The first-order valence-electron chi connectivity index (χ1n) is 7.02. The minimum Gasteiger partial charge on any atom is -0.212 e. The van der Waals surface area contributed by atoms with Crippen molar-refractivity contribution in [3.8, 4) is 0 Å². The molecule has 0 atom stereocenters. The lowest BCUT2D eigenvalue weighted by Crippen LogP contribution is -2.50. The van der Waals surface area contributed by atoms with E-state index < -0.39 is 20.2 Å². The zero-order valence-corrected chi connectivity index (χ0v) is 14.0. The maximum absolute atomic E-state index is 12.1. The van der Waals surface area contributed by atoms with Crippen LogP contribution < -0.4 is 4.72 Å². The Bertz CT molecular complexity index is 492. The van der Waals surface area contributed by atoms with Crippen LogP contribution in [-0.2, 0) is 20.2 Å². The van der Waals surface area contributed by atoms with Crippen LogP contribution in [0.2, 0.25) is 0 Å². The van der Waals surface area contributed by atoms with Crippen LogP contribution in [0.25, 0.3) is 0 Å². The third kappa shape index (κ3) is 4.39. The van der Waals surface area contributed by atoms with Gasteiger partial charge in [-0.15, -0.1) is 0 Å². The van der Waals surface area contributed by atoms with Crippen LogP contribution >= 0.6 is 0 Å². The monoisotopic (exact) mass is 327 g/mol. The molecule has 1 N–H and O–H groups in total. The second kappa shape index (κ2) is 7.17. The van der Waals surface area contributed by atoms with Crippen molar-refractivity contribution in [2.75, 3.05) is 31.9 Å². The van der Waals surface area contributed by atoms with Gasteiger partial charge in [-0.2, -0.15) is 17.4 Å². The number of piperidine rings is 1. The molecule has 0 bridgehead atoms. The van der Waals surface area contributed by atoms with Crippen molar-refractivity contribution in [2.24, 2.45) is 0 Å². The maximum Gasteiger partial charge on any atom is 0.279 e. The zero-order chi connectivity index (χ0) is 15.4. The summed E-state index contributed by atoms with van der Waals surface area (Å²) in [6.45, 7) is 6.80. The van der Waals surface area contributed by atoms with E-state index in [-0.39, 0.29) is 11.8 Å². The molecule has 1 aliphatic rings. The van der Waals surface area contributed by atoms with Crippen molar-refractivity contribution in [1.82, 2.24) is 13.3 Å². The Morgan fingerprint density at radius 3 is 1.95 bits per heavy atom. The summed E-state index contributed by atoms with van der Waals surface area (Å²) in [5.41, 5.74) is 0. The molecule has 1 heterocycles. The van der Waals surface area contributed by atoms with Gasteiger partial charge in [0.25, 0.3) is 10.2 Å². The summed E-state index contributed by atoms with van der Waals surface area (Å²) in [5.74, 6) is 0.0862. The van der Waals surface area contributed by atoms with Crippen LogP contribution in [0, 0.1) is 0 Å². The van der Waals surface area contributed by atoms with E-state index in [4.69, 9.17) is 0 Å². The third-order valence-electron chi connectivity index (χ3n) is 3.57. The molecule has 120 valence electrons. The van der Waals surface area contributed by atoms with Gasteiger partial charge in [0.05, 0.1) is 5.75 Å². The van der Waals surface area contributed by atoms with E-state index in [0.717, 1.165) is 0 Å². The fraction of sp³-hybridized carbons (Fsp3) is 1.00. The first-order chi connectivity index (χ1) is 9.26. The van der Waals surface area contributed by atoms with Gasteiger partial charge in [-0.1, -0.05) is 13.8 Å². The molecule has 0 aromatic rings. The summed E-state index contributed by atoms with van der Waals surface area (Å²) in [5, 5.41) is 0. The predicted octanol–water partition coefficient (Wildman–Crippen LogP) is -0.0233. The Labute approximate surface area is 122 Å². The molecule has 1 aliphatic heterocycles. The number of hydrogen-bond acceptors (Lipinski definition) is 4. The van der Waals surface area contributed by atoms with Crippen molar-refractivity contribution in [3.63, 3.8) is 0 Å². The van der Waals surface area contributed by atoms with Gasteiger partial charge >= 0.3 is 0 Å². The number of rotatable bonds is 7. The number of hydrogen-bond donors (Lipinski definition) is 1. The quantitative estimate of drug-likeness (QED) is 0.712. The molecular formula is C11H25N3O4S2. The zero-order valence-electron chi connectivity index (χ0n) is 12.4. The average Bonchev–Trinajstić information content (AvgIpc) is 2.40. The summed E-state index contributed by atoms with van der Waals surface area (Å²) in [6, 6.07) is -0.191. The second-order valence-electron chi connectivity index (χ2n) is 4.78. The van der Waals surface area contributed by atoms with Crippen LogP contribution in [0.4, 0.5) is 0 Å². The number of sulfonamides is 1. The minimum atomic E-state index is -3.47. The molecule has 9 heteroatoms. The Morgan fingerprint density at radius 2 is 1.55 bits per heavy atom. The van der Waals surface area contributed by atoms with Gasteiger partial charge in [0.2, 0.25) is 10.0 Å². The van der Waals surface area contributed by atoms with E-state index in [9.17, 15) is 16.8 Å². The summed E-state index contributed by atoms with van der Waals surface area (Å²) >= 11 is 0. The number of nitrogens with zero attached hydrogens (tertiary/aromatic N) is 2. The molecule has 0 aliphatic carbocycles. The first-order valence-corrected chi connectivity index (χ1v) is 10.1. The molecule has 1 rings (SSSR count). The lowest BCUT2D eigenvalue weighted by molar-refractivity contribution is 0.304. The SMILES string of the molecule is CCN(CC)S(=O)(=O)NC1CCN(S(=O)(=O)CC)CC1. The highest BCUT2D eigenvalue weighted by Crippen LogP contribution is 2.15.